The fraction of sp³-hybridized carbons (Fsp3) is 0.214. The number of hydrogen-bond donors (Lipinski definition) is 1. The average Bonchev–Trinajstić information content (AvgIpc) is 2.41. The number of alkyl halides is 3. The first-order valence-electron chi connectivity index (χ1n) is 5.99. The molecule has 2 N–H and O–H groups in total. The first-order valence-corrected chi connectivity index (χ1v) is 5.99. The standard InChI is InChI=1S/C14H13F3N2O/c15-14(16,17)13-8-11(4-3-10(13)5-6-18)20-12-2-1-7-19-9-12/h1-4,7-9H,5-6,18H2. The van der Waals surface area contributed by atoms with Gasteiger partial charge in [-0.3, -0.25) is 4.98 Å². The van der Waals surface area contributed by atoms with Crippen LogP contribution in [0.3, 0.4) is 0 Å². The Kier molecular flexibility index (Phi) is 4.24. The fourth-order valence-corrected chi connectivity index (χ4v) is 1.80. The number of ether oxygens (including phenoxy) is 1. The molecule has 0 aliphatic heterocycles. The van der Waals surface area contributed by atoms with E-state index in [4.69, 9.17) is 10.5 Å². The first kappa shape index (κ1) is 14.3. The Bertz CT molecular complexity index is 570. The van der Waals surface area contributed by atoms with Gasteiger partial charge in [-0.2, -0.15) is 13.2 Å². The third kappa shape index (κ3) is 3.48. The summed E-state index contributed by atoms with van der Waals surface area (Å²) in [4.78, 5) is 3.84. The Labute approximate surface area is 114 Å². The molecule has 0 radical (unpaired) electrons. The van der Waals surface area contributed by atoms with Crippen LogP contribution >= 0.6 is 0 Å². The molecular formula is C14H13F3N2O. The van der Waals surface area contributed by atoms with Crippen molar-refractivity contribution in [1.82, 2.24) is 4.98 Å². The van der Waals surface area contributed by atoms with E-state index in [-0.39, 0.29) is 24.3 Å². The minimum atomic E-state index is -4.43. The summed E-state index contributed by atoms with van der Waals surface area (Å²) in [5, 5.41) is 0. The Morgan fingerprint density at radius 1 is 1.15 bits per heavy atom. The lowest BCUT2D eigenvalue weighted by molar-refractivity contribution is -0.138. The molecule has 6 heteroatoms. The fourth-order valence-electron chi connectivity index (χ4n) is 1.80. The lowest BCUT2D eigenvalue weighted by atomic mass is 10.0. The van der Waals surface area contributed by atoms with Crippen molar-refractivity contribution in [2.24, 2.45) is 5.73 Å². The van der Waals surface area contributed by atoms with Gasteiger partial charge in [0.15, 0.2) is 0 Å². The second-order valence-electron chi connectivity index (χ2n) is 4.15. The number of benzene rings is 1. The average molecular weight is 282 g/mol. The number of halogens is 3. The number of nitrogens with two attached hydrogens (primary N) is 1. The molecule has 20 heavy (non-hydrogen) atoms. The van der Waals surface area contributed by atoms with E-state index in [2.05, 4.69) is 4.98 Å². The van der Waals surface area contributed by atoms with Crippen LogP contribution in [0.2, 0.25) is 0 Å². The van der Waals surface area contributed by atoms with Crippen molar-refractivity contribution < 1.29 is 17.9 Å². The van der Waals surface area contributed by atoms with E-state index in [9.17, 15) is 13.2 Å². The van der Waals surface area contributed by atoms with Crippen LogP contribution in [0.25, 0.3) is 0 Å². The Balaban J connectivity index is 2.32. The van der Waals surface area contributed by atoms with Crippen LogP contribution in [-0.2, 0) is 12.6 Å². The van der Waals surface area contributed by atoms with Crippen LogP contribution in [0.5, 0.6) is 11.5 Å². The SMILES string of the molecule is NCCc1ccc(Oc2cccnc2)cc1C(F)(F)F. The van der Waals surface area contributed by atoms with Gasteiger partial charge in [0.2, 0.25) is 0 Å². The maximum atomic E-state index is 13.0. The van der Waals surface area contributed by atoms with Gasteiger partial charge in [0.1, 0.15) is 11.5 Å². The number of aromatic nitrogens is 1. The summed E-state index contributed by atoms with van der Waals surface area (Å²) in [5.41, 5.74) is 4.77. The molecule has 106 valence electrons. The van der Waals surface area contributed by atoms with Crippen molar-refractivity contribution in [3.8, 4) is 11.5 Å². The van der Waals surface area contributed by atoms with Crippen LogP contribution < -0.4 is 10.5 Å². The van der Waals surface area contributed by atoms with Gasteiger partial charge in [-0.25, -0.2) is 0 Å². The van der Waals surface area contributed by atoms with Crippen molar-refractivity contribution in [3.05, 3.63) is 53.9 Å². The third-order valence-electron chi connectivity index (χ3n) is 2.67. The third-order valence-corrected chi connectivity index (χ3v) is 2.67. The van der Waals surface area contributed by atoms with E-state index in [1.807, 2.05) is 0 Å². The van der Waals surface area contributed by atoms with E-state index < -0.39 is 11.7 Å². The molecule has 0 aliphatic rings. The van der Waals surface area contributed by atoms with Gasteiger partial charge in [0.25, 0.3) is 0 Å². The molecule has 0 saturated carbocycles. The van der Waals surface area contributed by atoms with Crippen molar-refractivity contribution in [2.75, 3.05) is 6.54 Å². The molecule has 2 aromatic rings. The molecule has 0 unspecified atom stereocenters. The molecule has 1 aromatic heterocycles. The van der Waals surface area contributed by atoms with E-state index in [1.54, 1.807) is 18.3 Å². The highest BCUT2D eigenvalue weighted by Gasteiger charge is 2.33. The number of nitrogens with zero attached hydrogens (tertiary/aromatic N) is 1. The number of rotatable bonds is 4. The molecular weight excluding hydrogens is 269 g/mol. The van der Waals surface area contributed by atoms with E-state index in [1.165, 1.54) is 18.3 Å². The number of pyridine rings is 1. The van der Waals surface area contributed by atoms with Crippen molar-refractivity contribution in [2.45, 2.75) is 12.6 Å². The zero-order chi connectivity index (χ0) is 14.6. The summed E-state index contributed by atoms with van der Waals surface area (Å²) >= 11 is 0. The molecule has 0 fully saturated rings. The first-order chi connectivity index (χ1) is 9.50. The molecule has 3 nitrogen and oxygen atoms in total. The molecule has 2 rings (SSSR count). The van der Waals surface area contributed by atoms with Crippen LogP contribution in [0.15, 0.2) is 42.7 Å². The molecule has 1 heterocycles. The summed E-state index contributed by atoms with van der Waals surface area (Å²) < 4.78 is 44.3. The van der Waals surface area contributed by atoms with Crippen LogP contribution in [0.4, 0.5) is 13.2 Å². The topological polar surface area (TPSA) is 48.1 Å². The molecule has 0 saturated heterocycles. The Morgan fingerprint density at radius 2 is 1.95 bits per heavy atom. The van der Waals surface area contributed by atoms with E-state index in [0.29, 0.717) is 5.75 Å². The van der Waals surface area contributed by atoms with Crippen LogP contribution in [0, 0.1) is 0 Å². The largest absolute Gasteiger partial charge is 0.456 e. The van der Waals surface area contributed by atoms with Gasteiger partial charge >= 0.3 is 6.18 Å². The van der Waals surface area contributed by atoms with Gasteiger partial charge in [0, 0.05) is 6.20 Å². The predicted molar refractivity (Wildman–Crippen MR) is 68.5 cm³/mol. The normalized spacial score (nSPS) is 11.4. The highest BCUT2D eigenvalue weighted by atomic mass is 19.4. The zero-order valence-electron chi connectivity index (χ0n) is 10.5. The van der Waals surface area contributed by atoms with Crippen molar-refractivity contribution in [3.63, 3.8) is 0 Å². The second-order valence-corrected chi connectivity index (χ2v) is 4.15. The van der Waals surface area contributed by atoms with Gasteiger partial charge in [-0.1, -0.05) is 6.07 Å². The van der Waals surface area contributed by atoms with Gasteiger partial charge in [-0.05, 0) is 42.8 Å². The lowest BCUT2D eigenvalue weighted by Gasteiger charge is -2.14. The molecule has 0 spiro atoms. The maximum absolute atomic E-state index is 13.0. The molecule has 0 amide bonds. The van der Waals surface area contributed by atoms with Gasteiger partial charge in [-0.15, -0.1) is 0 Å². The highest BCUT2D eigenvalue weighted by molar-refractivity contribution is 5.39. The smallest absolute Gasteiger partial charge is 0.416 e. The lowest BCUT2D eigenvalue weighted by Crippen LogP contribution is -2.12. The quantitative estimate of drug-likeness (QED) is 0.935. The summed E-state index contributed by atoms with van der Waals surface area (Å²) in [6.07, 6.45) is -1.28. The van der Waals surface area contributed by atoms with Crippen LogP contribution in [-0.4, -0.2) is 11.5 Å². The highest BCUT2D eigenvalue weighted by Crippen LogP contribution is 2.35. The zero-order valence-corrected chi connectivity index (χ0v) is 10.5. The van der Waals surface area contributed by atoms with E-state index >= 15 is 0 Å². The minimum absolute atomic E-state index is 0.117. The van der Waals surface area contributed by atoms with Crippen molar-refractivity contribution in [1.29, 1.82) is 0 Å². The maximum Gasteiger partial charge on any atom is 0.416 e. The van der Waals surface area contributed by atoms with Crippen molar-refractivity contribution >= 4 is 0 Å². The minimum Gasteiger partial charge on any atom is -0.456 e. The molecule has 0 aliphatic carbocycles. The Morgan fingerprint density at radius 3 is 2.55 bits per heavy atom. The summed E-state index contributed by atoms with van der Waals surface area (Å²) in [6, 6.07) is 7.13. The monoisotopic (exact) mass is 282 g/mol. The number of hydrogen-bond acceptors (Lipinski definition) is 3. The van der Waals surface area contributed by atoms with E-state index in [0.717, 1.165) is 6.07 Å². The van der Waals surface area contributed by atoms with Gasteiger partial charge in [0.05, 0.1) is 11.8 Å². The summed E-state index contributed by atoms with van der Waals surface area (Å²) in [6.45, 7) is 0.159. The molecule has 1 aromatic carbocycles. The second kappa shape index (κ2) is 5.92. The molecule has 0 bridgehead atoms. The summed E-state index contributed by atoms with van der Waals surface area (Å²) in [7, 11) is 0. The predicted octanol–water partition coefficient (Wildman–Crippen LogP) is 3.39. The molecule has 0 atom stereocenters. The van der Waals surface area contributed by atoms with Crippen LogP contribution in [0.1, 0.15) is 11.1 Å². The summed E-state index contributed by atoms with van der Waals surface area (Å²) in [5.74, 6) is 0.498. The Hall–Kier alpha value is -2.08. The van der Waals surface area contributed by atoms with Gasteiger partial charge < -0.3 is 10.5 Å².